The molecule has 0 unspecified atom stereocenters. The molecular weight excluding hydrogens is 651 g/mol. The van der Waals surface area contributed by atoms with Crippen molar-refractivity contribution in [3.8, 4) is 39.1 Å². The number of hydrogen-bond donors (Lipinski definition) is 0. The lowest BCUT2D eigenvalue weighted by Gasteiger charge is -2.35. The van der Waals surface area contributed by atoms with Crippen molar-refractivity contribution < 1.29 is 0 Å². The second-order valence-corrected chi connectivity index (χ2v) is 14.5. The summed E-state index contributed by atoms with van der Waals surface area (Å²) in [5.74, 6) is 0. The highest BCUT2D eigenvalue weighted by molar-refractivity contribution is 6.11. The second kappa shape index (κ2) is 12.0. The summed E-state index contributed by atoms with van der Waals surface area (Å²) in [5, 5.41) is 5.04. The van der Waals surface area contributed by atoms with Crippen LogP contribution in [-0.2, 0) is 5.41 Å². The van der Waals surface area contributed by atoms with Gasteiger partial charge < -0.3 is 4.57 Å². The van der Waals surface area contributed by atoms with E-state index < -0.39 is 5.41 Å². The summed E-state index contributed by atoms with van der Waals surface area (Å²) in [6.07, 6.45) is 0. The lowest BCUT2D eigenvalue weighted by molar-refractivity contribution is 0.776. The Hall–Kier alpha value is -6.96. The van der Waals surface area contributed by atoms with Crippen molar-refractivity contribution >= 4 is 32.6 Å². The molecule has 0 bridgehead atoms. The third kappa shape index (κ3) is 4.45. The third-order valence-electron chi connectivity index (χ3n) is 11.7. The fraction of sp³-hybridized carbons (Fsp3) is 0.0189. The number of fused-ring (bicyclic) bond motifs is 8. The fourth-order valence-electron chi connectivity index (χ4n) is 9.31. The second-order valence-electron chi connectivity index (χ2n) is 14.5. The van der Waals surface area contributed by atoms with Gasteiger partial charge in [-0.2, -0.15) is 0 Å². The van der Waals surface area contributed by atoms with Crippen LogP contribution in [0.5, 0.6) is 0 Å². The van der Waals surface area contributed by atoms with Crippen LogP contribution < -0.4 is 0 Å². The average molecular weight is 686 g/mol. The molecule has 1 aliphatic rings. The molecule has 1 aliphatic carbocycles. The highest BCUT2D eigenvalue weighted by atomic mass is 15.0. The Labute approximate surface area is 315 Å². The Morgan fingerprint density at radius 2 is 0.852 bits per heavy atom. The molecule has 9 aromatic carbocycles. The summed E-state index contributed by atoms with van der Waals surface area (Å²) in [5.41, 5.74) is 15.8. The predicted octanol–water partition coefficient (Wildman–Crippen LogP) is 13.6. The number of para-hydroxylation sites is 2. The fourth-order valence-corrected chi connectivity index (χ4v) is 9.31. The maximum atomic E-state index is 2.46. The van der Waals surface area contributed by atoms with Crippen LogP contribution >= 0.6 is 0 Å². The molecule has 0 radical (unpaired) electrons. The van der Waals surface area contributed by atoms with E-state index in [9.17, 15) is 0 Å². The molecule has 1 aromatic heterocycles. The smallest absolute Gasteiger partial charge is 0.0719 e. The lowest BCUT2D eigenvalue weighted by atomic mass is 9.66. The minimum atomic E-state index is -0.525. The van der Waals surface area contributed by atoms with Crippen molar-refractivity contribution in [2.45, 2.75) is 5.41 Å². The molecule has 0 fully saturated rings. The quantitative estimate of drug-likeness (QED) is 0.170. The van der Waals surface area contributed by atoms with Crippen LogP contribution in [0, 0.1) is 0 Å². The van der Waals surface area contributed by atoms with E-state index in [2.05, 4.69) is 217 Å². The van der Waals surface area contributed by atoms with Crippen LogP contribution in [0.4, 0.5) is 0 Å². The molecule has 1 nitrogen and oxygen atoms in total. The molecule has 0 atom stereocenters. The van der Waals surface area contributed by atoms with E-state index >= 15 is 0 Å². The molecule has 0 aliphatic heterocycles. The van der Waals surface area contributed by atoms with Crippen molar-refractivity contribution in [3.63, 3.8) is 0 Å². The van der Waals surface area contributed by atoms with Crippen LogP contribution in [0.3, 0.4) is 0 Å². The normalized spacial score (nSPS) is 13.0. The first-order chi connectivity index (χ1) is 26.8. The summed E-state index contributed by atoms with van der Waals surface area (Å²) in [6.45, 7) is 0. The van der Waals surface area contributed by atoms with Gasteiger partial charge in [0.15, 0.2) is 0 Å². The van der Waals surface area contributed by atoms with Crippen LogP contribution in [0.2, 0.25) is 0 Å². The Morgan fingerprint density at radius 1 is 0.333 bits per heavy atom. The molecule has 1 heterocycles. The van der Waals surface area contributed by atoms with Gasteiger partial charge in [0.05, 0.1) is 16.4 Å². The van der Waals surface area contributed by atoms with E-state index in [1.165, 1.54) is 93.9 Å². The van der Waals surface area contributed by atoms with Gasteiger partial charge in [-0.1, -0.05) is 170 Å². The molecule has 0 amide bonds. The molecular formula is C53H35N. The maximum absolute atomic E-state index is 2.46. The summed E-state index contributed by atoms with van der Waals surface area (Å²) < 4.78 is 2.39. The Morgan fingerprint density at radius 3 is 1.57 bits per heavy atom. The van der Waals surface area contributed by atoms with Crippen LogP contribution in [0.1, 0.15) is 22.3 Å². The van der Waals surface area contributed by atoms with Crippen molar-refractivity contribution in [1.82, 2.24) is 4.57 Å². The summed E-state index contributed by atoms with van der Waals surface area (Å²) in [7, 11) is 0. The Balaban J connectivity index is 1.19. The van der Waals surface area contributed by atoms with Crippen LogP contribution in [-0.4, -0.2) is 4.57 Å². The van der Waals surface area contributed by atoms with E-state index in [1.54, 1.807) is 0 Å². The van der Waals surface area contributed by atoms with E-state index in [-0.39, 0.29) is 0 Å². The lowest BCUT2D eigenvalue weighted by Crippen LogP contribution is -2.28. The molecule has 54 heavy (non-hydrogen) atoms. The minimum absolute atomic E-state index is 0.525. The topological polar surface area (TPSA) is 4.93 Å². The molecule has 252 valence electrons. The monoisotopic (exact) mass is 685 g/mol. The van der Waals surface area contributed by atoms with Gasteiger partial charge in [0.2, 0.25) is 0 Å². The molecule has 10 aromatic rings. The predicted molar refractivity (Wildman–Crippen MR) is 226 cm³/mol. The largest absolute Gasteiger partial charge is 0.309 e. The molecule has 0 saturated carbocycles. The Bertz CT molecular complexity index is 2970. The van der Waals surface area contributed by atoms with Crippen molar-refractivity contribution in [2.75, 3.05) is 0 Å². The standard InChI is InChI=1S/C53H35N/c1-5-15-36(16-6-1)40-28-30-44-46-31-27-37-25-26-38(39-29-32-51-48(34-39)45-23-13-14-24-50(45)54(51)43-21-11-4-12-22-43)33-47(37)52(46)53(49(44)35-40,41-17-7-2-8-18-41)42-19-9-3-10-20-42/h1-35H. The Kier molecular flexibility index (Phi) is 6.84. The van der Waals surface area contributed by atoms with Gasteiger partial charge in [-0.05, 0) is 109 Å². The van der Waals surface area contributed by atoms with E-state index in [0.29, 0.717) is 0 Å². The molecule has 0 saturated heterocycles. The van der Waals surface area contributed by atoms with Gasteiger partial charge in [-0.3, -0.25) is 0 Å². The van der Waals surface area contributed by atoms with Crippen molar-refractivity contribution in [2.24, 2.45) is 0 Å². The minimum Gasteiger partial charge on any atom is -0.309 e. The third-order valence-corrected chi connectivity index (χ3v) is 11.7. The number of aromatic nitrogens is 1. The molecule has 0 spiro atoms. The van der Waals surface area contributed by atoms with Gasteiger partial charge in [-0.15, -0.1) is 0 Å². The van der Waals surface area contributed by atoms with Crippen molar-refractivity contribution in [1.29, 1.82) is 0 Å². The highest BCUT2D eigenvalue weighted by Gasteiger charge is 2.47. The van der Waals surface area contributed by atoms with Gasteiger partial charge in [0, 0.05) is 16.5 Å². The van der Waals surface area contributed by atoms with Crippen LogP contribution in [0.25, 0.3) is 71.6 Å². The van der Waals surface area contributed by atoms with Crippen LogP contribution in [0.15, 0.2) is 212 Å². The zero-order valence-corrected chi connectivity index (χ0v) is 29.7. The van der Waals surface area contributed by atoms with E-state index in [1.807, 2.05) is 0 Å². The summed E-state index contributed by atoms with van der Waals surface area (Å²) in [4.78, 5) is 0. The van der Waals surface area contributed by atoms with Gasteiger partial charge >= 0.3 is 0 Å². The van der Waals surface area contributed by atoms with Gasteiger partial charge in [0.1, 0.15) is 0 Å². The first kappa shape index (κ1) is 30.6. The average Bonchev–Trinajstić information content (AvgIpc) is 3.75. The number of benzene rings is 9. The first-order valence-electron chi connectivity index (χ1n) is 18.8. The van der Waals surface area contributed by atoms with E-state index in [4.69, 9.17) is 0 Å². The zero-order chi connectivity index (χ0) is 35.6. The molecule has 1 heteroatoms. The van der Waals surface area contributed by atoms with Gasteiger partial charge in [0.25, 0.3) is 0 Å². The maximum Gasteiger partial charge on any atom is 0.0719 e. The molecule has 0 N–H and O–H groups in total. The summed E-state index contributed by atoms with van der Waals surface area (Å²) in [6, 6.07) is 78.4. The molecule has 11 rings (SSSR count). The zero-order valence-electron chi connectivity index (χ0n) is 29.7. The van der Waals surface area contributed by atoms with E-state index in [0.717, 1.165) is 0 Å². The van der Waals surface area contributed by atoms with Crippen molar-refractivity contribution in [3.05, 3.63) is 235 Å². The first-order valence-corrected chi connectivity index (χ1v) is 18.8. The highest BCUT2D eigenvalue weighted by Crippen LogP contribution is 2.59. The summed E-state index contributed by atoms with van der Waals surface area (Å²) >= 11 is 0. The number of hydrogen-bond acceptors (Lipinski definition) is 0. The number of rotatable bonds is 5. The SMILES string of the molecule is c1ccc(-c2ccc3c(c2)C(c2ccccc2)(c2ccccc2)c2c-3ccc3ccc(-c4ccc5c(c4)c4ccccc4n5-c4ccccc4)cc23)cc1. The van der Waals surface area contributed by atoms with Gasteiger partial charge in [-0.25, -0.2) is 0 Å². The number of nitrogens with zero attached hydrogens (tertiary/aromatic N) is 1.